The first kappa shape index (κ1) is 8.68. The smallest absolute Gasteiger partial charge is 0.146 e. The fourth-order valence-electron chi connectivity index (χ4n) is 1.22. The van der Waals surface area contributed by atoms with Gasteiger partial charge in [-0.15, -0.1) is 0 Å². The molecule has 0 aromatic heterocycles. The van der Waals surface area contributed by atoms with Crippen molar-refractivity contribution in [1.82, 2.24) is 4.90 Å². The van der Waals surface area contributed by atoms with Gasteiger partial charge in [-0.3, -0.25) is 9.69 Å². The standard InChI is InChI=1S/C8H15NO2/c1-7(8(2)10)9-3-5-11-6-4-9/h7H,3-6H2,1-2H3/t7-/m1/s1. The fraction of sp³-hybridized carbons (Fsp3) is 0.875. The Morgan fingerprint density at radius 1 is 1.45 bits per heavy atom. The minimum atomic E-state index is 0.0684. The maximum absolute atomic E-state index is 11.0. The Bertz CT molecular complexity index is 141. The van der Waals surface area contributed by atoms with Gasteiger partial charge in [0.1, 0.15) is 5.78 Å². The number of Topliss-reactive ketones (excluding diaryl/α,β-unsaturated/α-hetero) is 1. The molecule has 0 amide bonds. The molecule has 3 heteroatoms. The summed E-state index contributed by atoms with van der Waals surface area (Å²) < 4.78 is 5.18. The molecule has 0 radical (unpaired) electrons. The molecule has 0 saturated carbocycles. The second-order valence-corrected chi connectivity index (χ2v) is 2.93. The van der Waals surface area contributed by atoms with Crippen LogP contribution in [0.1, 0.15) is 13.8 Å². The molecule has 1 atom stereocenters. The molecule has 0 spiro atoms. The molecule has 1 saturated heterocycles. The minimum absolute atomic E-state index is 0.0684. The van der Waals surface area contributed by atoms with E-state index >= 15 is 0 Å². The lowest BCUT2D eigenvalue weighted by Gasteiger charge is -2.30. The van der Waals surface area contributed by atoms with E-state index in [1.54, 1.807) is 6.92 Å². The van der Waals surface area contributed by atoms with Crippen LogP contribution in [0.5, 0.6) is 0 Å². The van der Waals surface area contributed by atoms with Gasteiger partial charge in [0.15, 0.2) is 0 Å². The maximum atomic E-state index is 11.0. The van der Waals surface area contributed by atoms with Crippen molar-refractivity contribution in [2.45, 2.75) is 19.9 Å². The Morgan fingerprint density at radius 3 is 2.45 bits per heavy atom. The molecule has 1 fully saturated rings. The number of hydrogen-bond acceptors (Lipinski definition) is 3. The monoisotopic (exact) mass is 157 g/mol. The number of ketones is 1. The normalized spacial score (nSPS) is 23.1. The van der Waals surface area contributed by atoms with Gasteiger partial charge in [-0.2, -0.15) is 0 Å². The summed E-state index contributed by atoms with van der Waals surface area (Å²) in [5.41, 5.74) is 0. The maximum Gasteiger partial charge on any atom is 0.146 e. The molecule has 3 nitrogen and oxygen atoms in total. The first-order chi connectivity index (χ1) is 5.22. The van der Waals surface area contributed by atoms with Crippen LogP contribution in [0.4, 0.5) is 0 Å². The van der Waals surface area contributed by atoms with Crippen LogP contribution in [0, 0.1) is 0 Å². The highest BCUT2D eigenvalue weighted by Crippen LogP contribution is 2.03. The van der Waals surface area contributed by atoms with Gasteiger partial charge in [0, 0.05) is 13.1 Å². The summed E-state index contributed by atoms with van der Waals surface area (Å²) in [6.45, 7) is 6.89. The fourth-order valence-corrected chi connectivity index (χ4v) is 1.22. The molecule has 1 heterocycles. The molecule has 11 heavy (non-hydrogen) atoms. The molecular formula is C8H15NO2. The molecule has 1 aliphatic rings. The number of carbonyl (C=O) groups excluding carboxylic acids is 1. The summed E-state index contributed by atoms with van der Waals surface area (Å²) in [5.74, 6) is 0.243. The topological polar surface area (TPSA) is 29.5 Å². The Balaban J connectivity index is 2.38. The Morgan fingerprint density at radius 2 is 2.00 bits per heavy atom. The summed E-state index contributed by atoms with van der Waals surface area (Å²) in [6.07, 6.45) is 0. The van der Waals surface area contributed by atoms with Crippen LogP contribution in [0.3, 0.4) is 0 Å². The highest BCUT2D eigenvalue weighted by atomic mass is 16.5. The zero-order valence-corrected chi connectivity index (χ0v) is 7.17. The molecule has 1 aliphatic heterocycles. The van der Waals surface area contributed by atoms with Gasteiger partial charge in [-0.25, -0.2) is 0 Å². The Hall–Kier alpha value is -0.410. The SMILES string of the molecule is CC(=O)[C@@H](C)N1CCOCC1. The van der Waals surface area contributed by atoms with Crippen molar-refractivity contribution >= 4 is 5.78 Å². The van der Waals surface area contributed by atoms with Crippen molar-refractivity contribution in [1.29, 1.82) is 0 Å². The molecule has 1 rings (SSSR count). The van der Waals surface area contributed by atoms with Gasteiger partial charge in [-0.1, -0.05) is 0 Å². The van der Waals surface area contributed by atoms with Crippen LogP contribution in [-0.2, 0) is 9.53 Å². The Labute approximate surface area is 67.3 Å². The van der Waals surface area contributed by atoms with E-state index < -0.39 is 0 Å². The van der Waals surface area contributed by atoms with Crippen LogP contribution in [0.15, 0.2) is 0 Å². The molecule has 0 unspecified atom stereocenters. The van der Waals surface area contributed by atoms with Gasteiger partial charge >= 0.3 is 0 Å². The number of nitrogens with zero attached hydrogens (tertiary/aromatic N) is 1. The molecule has 0 N–H and O–H groups in total. The zero-order valence-electron chi connectivity index (χ0n) is 7.17. The van der Waals surface area contributed by atoms with Gasteiger partial charge < -0.3 is 4.74 Å². The predicted octanol–water partition coefficient (Wildman–Crippen LogP) is 0.296. The Kier molecular flexibility index (Phi) is 3.02. The largest absolute Gasteiger partial charge is 0.379 e. The van der Waals surface area contributed by atoms with Crippen molar-refractivity contribution in [2.75, 3.05) is 26.3 Å². The zero-order chi connectivity index (χ0) is 8.27. The highest BCUT2D eigenvalue weighted by molar-refractivity contribution is 5.80. The average molecular weight is 157 g/mol. The van der Waals surface area contributed by atoms with Crippen LogP contribution < -0.4 is 0 Å². The van der Waals surface area contributed by atoms with E-state index in [1.165, 1.54) is 0 Å². The second kappa shape index (κ2) is 3.83. The summed E-state index contributed by atoms with van der Waals surface area (Å²) in [7, 11) is 0. The third kappa shape index (κ3) is 2.27. The van der Waals surface area contributed by atoms with E-state index in [4.69, 9.17) is 4.74 Å². The quantitative estimate of drug-likeness (QED) is 0.577. The lowest BCUT2D eigenvalue weighted by molar-refractivity contribution is -0.123. The molecule has 0 aliphatic carbocycles. The molecular weight excluding hydrogens is 142 g/mol. The van der Waals surface area contributed by atoms with Crippen LogP contribution in [0.25, 0.3) is 0 Å². The third-order valence-corrected chi connectivity index (χ3v) is 2.18. The van der Waals surface area contributed by atoms with Gasteiger partial charge in [0.2, 0.25) is 0 Å². The third-order valence-electron chi connectivity index (χ3n) is 2.18. The van der Waals surface area contributed by atoms with E-state index in [0.29, 0.717) is 0 Å². The number of morpholine rings is 1. The van der Waals surface area contributed by atoms with E-state index in [1.807, 2.05) is 6.92 Å². The van der Waals surface area contributed by atoms with Crippen LogP contribution >= 0.6 is 0 Å². The van der Waals surface area contributed by atoms with Crippen LogP contribution in [0.2, 0.25) is 0 Å². The first-order valence-corrected chi connectivity index (χ1v) is 4.04. The van der Waals surface area contributed by atoms with E-state index in [2.05, 4.69) is 4.90 Å². The lowest BCUT2D eigenvalue weighted by Crippen LogP contribution is -2.45. The van der Waals surface area contributed by atoms with E-state index in [-0.39, 0.29) is 11.8 Å². The summed E-state index contributed by atoms with van der Waals surface area (Å²) in [4.78, 5) is 13.1. The number of rotatable bonds is 2. The number of ether oxygens (including phenoxy) is 1. The van der Waals surface area contributed by atoms with Gasteiger partial charge in [0.25, 0.3) is 0 Å². The predicted molar refractivity (Wildman–Crippen MR) is 42.5 cm³/mol. The average Bonchev–Trinajstić information content (AvgIpc) is 2.05. The number of hydrogen-bond donors (Lipinski definition) is 0. The van der Waals surface area contributed by atoms with Gasteiger partial charge in [0.05, 0.1) is 19.3 Å². The first-order valence-electron chi connectivity index (χ1n) is 4.04. The number of carbonyl (C=O) groups is 1. The van der Waals surface area contributed by atoms with Crippen molar-refractivity contribution in [2.24, 2.45) is 0 Å². The minimum Gasteiger partial charge on any atom is -0.379 e. The van der Waals surface area contributed by atoms with Crippen molar-refractivity contribution in [3.8, 4) is 0 Å². The molecule has 0 aromatic rings. The van der Waals surface area contributed by atoms with Crippen molar-refractivity contribution in [3.63, 3.8) is 0 Å². The molecule has 0 bridgehead atoms. The van der Waals surface area contributed by atoms with Crippen molar-refractivity contribution in [3.05, 3.63) is 0 Å². The molecule has 0 aromatic carbocycles. The van der Waals surface area contributed by atoms with Crippen molar-refractivity contribution < 1.29 is 9.53 Å². The summed E-state index contributed by atoms with van der Waals surface area (Å²) in [5, 5.41) is 0. The lowest BCUT2D eigenvalue weighted by atomic mass is 10.2. The second-order valence-electron chi connectivity index (χ2n) is 2.93. The summed E-state index contributed by atoms with van der Waals surface area (Å²) >= 11 is 0. The molecule has 64 valence electrons. The highest BCUT2D eigenvalue weighted by Gasteiger charge is 2.19. The van der Waals surface area contributed by atoms with Crippen LogP contribution in [-0.4, -0.2) is 43.0 Å². The van der Waals surface area contributed by atoms with E-state index in [9.17, 15) is 4.79 Å². The van der Waals surface area contributed by atoms with E-state index in [0.717, 1.165) is 26.3 Å². The summed E-state index contributed by atoms with van der Waals surface area (Å²) in [6, 6.07) is 0.0684. The van der Waals surface area contributed by atoms with Gasteiger partial charge in [-0.05, 0) is 13.8 Å².